The van der Waals surface area contributed by atoms with E-state index in [0.29, 0.717) is 0 Å². The van der Waals surface area contributed by atoms with Gasteiger partial charge in [0.25, 0.3) is 0 Å². The Kier molecular flexibility index (Phi) is 4.33. The van der Waals surface area contributed by atoms with E-state index in [1.165, 1.54) is 41.2 Å². The minimum Gasteiger partial charge on any atom is -0.374 e. The van der Waals surface area contributed by atoms with Gasteiger partial charge in [-0.1, -0.05) is 12.1 Å². The summed E-state index contributed by atoms with van der Waals surface area (Å²) in [5.74, 6) is 0. The molecule has 3 nitrogen and oxygen atoms in total. The Morgan fingerprint density at radius 3 is 3.20 bits per heavy atom. The van der Waals surface area contributed by atoms with Gasteiger partial charge in [-0.3, -0.25) is 0 Å². The van der Waals surface area contributed by atoms with Crippen molar-refractivity contribution in [2.45, 2.75) is 25.8 Å². The highest BCUT2D eigenvalue weighted by Gasteiger charge is 2.13. The molecule has 0 radical (unpaired) electrons. The van der Waals surface area contributed by atoms with Gasteiger partial charge in [-0.2, -0.15) is 0 Å². The maximum Gasteiger partial charge on any atom is 0.0937 e. The number of hydrogen-bond acceptors (Lipinski definition) is 4. The summed E-state index contributed by atoms with van der Waals surface area (Å²) in [7, 11) is 2.18. The molecule has 1 aliphatic heterocycles. The second kappa shape index (κ2) is 6.37. The molecule has 0 saturated heterocycles. The Bertz CT molecular complexity index is 551. The van der Waals surface area contributed by atoms with Crippen LogP contribution >= 0.6 is 11.3 Å². The molecule has 2 heterocycles. The first-order chi connectivity index (χ1) is 9.83. The van der Waals surface area contributed by atoms with E-state index in [9.17, 15) is 0 Å². The van der Waals surface area contributed by atoms with Crippen LogP contribution in [0.15, 0.2) is 29.8 Å². The van der Waals surface area contributed by atoms with Crippen molar-refractivity contribution in [2.75, 3.05) is 25.0 Å². The molecule has 4 heteroatoms. The molecule has 1 N–H and O–H groups in total. The Hall–Kier alpha value is -1.39. The van der Waals surface area contributed by atoms with E-state index >= 15 is 0 Å². The quantitative estimate of drug-likeness (QED) is 0.857. The van der Waals surface area contributed by atoms with Gasteiger partial charge in [0, 0.05) is 50.4 Å². The first-order valence-corrected chi connectivity index (χ1v) is 8.13. The van der Waals surface area contributed by atoms with Gasteiger partial charge in [-0.25, -0.2) is 4.98 Å². The summed E-state index contributed by atoms with van der Waals surface area (Å²) in [4.78, 5) is 6.66. The Labute approximate surface area is 124 Å². The predicted octanol–water partition coefficient (Wildman–Crippen LogP) is 2.86. The van der Waals surface area contributed by atoms with Crippen molar-refractivity contribution in [3.63, 3.8) is 0 Å². The first kappa shape index (κ1) is 13.6. The lowest BCUT2D eigenvalue weighted by molar-refractivity contribution is 0.682. The fraction of sp³-hybridized carbons (Fsp3) is 0.438. The zero-order valence-electron chi connectivity index (χ0n) is 11.9. The van der Waals surface area contributed by atoms with Crippen molar-refractivity contribution in [1.82, 2.24) is 10.3 Å². The summed E-state index contributed by atoms with van der Waals surface area (Å²) in [6.45, 7) is 3.12. The molecule has 3 rings (SSSR count). The summed E-state index contributed by atoms with van der Waals surface area (Å²) in [5.41, 5.74) is 4.29. The summed E-state index contributed by atoms with van der Waals surface area (Å²) >= 11 is 1.73. The van der Waals surface area contributed by atoms with Crippen LogP contribution in [0.3, 0.4) is 0 Å². The van der Waals surface area contributed by atoms with Gasteiger partial charge in [0.15, 0.2) is 0 Å². The van der Waals surface area contributed by atoms with E-state index in [1.807, 2.05) is 11.6 Å². The number of thiazole rings is 1. The number of anilines is 1. The van der Waals surface area contributed by atoms with Gasteiger partial charge in [0.05, 0.1) is 5.01 Å². The van der Waals surface area contributed by atoms with Crippen LogP contribution in [-0.2, 0) is 19.4 Å². The minimum absolute atomic E-state index is 0.947. The molecule has 0 bridgehead atoms. The molecular weight excluding hydrogens is 266 g/mol. The van der Waals surface area contributed by atoms with Crippen molar-refractivity contribution >= 4 is 17.0 Å². The zero-order chi connectivity index (χ0) is 13.8. The van der Waals surface area contributed by atoms with Crippen molar-refractivity contribution in [3.8, 4) is 0 Å². The molecule has 1 aromatic heterocycles. The van der Waals surface area contributed by atoms with Crippen LogP contribution in [0.2, 0.25) is 0 Å². The average molecular weight is 287 g/mol. The Morgan fingerprint density at radius 1 is 1.40 bits per heavy atom. The van der Waals surface area contributed by atoms with E-state index < -0.39 is 0 Å². The standard InChI is InChI=1S/C16H21N3S/c1-19-9-2-3-14-11-13(4-5-15(14)19)12-17-7-6-16-18-8-10-20-16/h4-5,8,10-11,17H,2-3,6-7,9,12H2,1H3. The van der Waals surface area contributed by atoms with Crippen LogP contribution in [0.25, 0.3) is 0 Å². The van der Waals surface area contributed by atoms with Gasteiger partial charge >= 0.3 is 0 Å². The number of rotatable bonds is 5. The molecule has 0 fully saturated rings. The van der Waals surface area contributed by atoms with Crippen molar-refractivity contribution in [3.05, 3.63) is 45.9 Å². The molecule has 0 aliphatic carbocycles. The van der Waals surface area contributed by atoms with Gasteiger partial charge in [-0.05, 0) is 30.0 Å². The smallest absolute Gasteiger partial charge is 0.0937 e. The first-order valence-electron chi connectivity index (χ1n) is 7.25. The number of benzene rings is 1. The average Bonchev–Trinajstić information content (AvgIpc) is 2.97. The molecular formula is C16H21N3S. The number of hydrogen-bond donors (Lipinski definition) is 1. The number of nitrogens with zero attached hydrogens (tertiary/aromatic N) is 2. The third kappa shape index (κ3) is 3.19. The molecule has 0 atom stereocenters. The van der Waals surface area contributed by atoms with Crippen molar-refractivity contribution in [1.29, 1.82) is 0 Å². The third-order valence-corrected chi connectivity index (χ3v) is 4.66. The summed E-state index contributed by atoms with van der Waals surface area (Å²) in [5, 5.41) is 6.76. The lowest BCUT2D eigenvalue weighted by Gasteiger charge is -2.27. The lowest BCUT2D eigenvalue weighted by Crippen LogP contribution is -2.25. The fourth-order valence-electron chi connectivity index (χ4n) is 2.75. The van der Waals surface area contributed by atoms with E-state index in [-0.39, 0.29) is 0 Å². The maximum atomic E-state index is 4.30. The molecule has 1 aliphatic rings. The van der Waals surface area contributed by atoms with Crippen LogP contribution in [0.4, 0.5) is 5.69 Å². The molecule has 20 heavy (non-hydrogen) atoms. The lowest BCUT2D eigenvalue weighted by atomic mass is 9.99. The topological polar surface area (TPSA) is 28.2 Å². The van der Waals surface area contributed by atoms with E-state index in [4.69, 9.17) is 0 Å². The van der Waals surface area contributed by atoms with E-state index in [0.717, 1.165) is 19.5 Å². The highest BCUT2D eigenvalue weighted by atomic mass is 32.1. The van der Waals surface area contributed by atoms with Gasteiger partial charge < -0.3 is 10.2 Å². The highest BCUT2D eigenvalue weighted by Crippen LogP contribution is 2.26. The summed E-state index contributed by atoms with van der Waals surface area (Å²) in [6.07, 6.45) is 5.38. The molecule has 0 spiro atoms. The number of nitrogens with one attached hydrogen (secondary N) is 1. The Balaban J connectivity index is 1.53. The molecule has 2 aromatic rings. The number of aromatic nitrogens is 1. The fourth-order valence-corrected chi connectivity index (χ4v) is 3.37. The molecule has 0 saturated carbocycles. The molecule has 0 unspecified atom stereocenters. The SMILES string of the molecule is CN1CCCc2cc(CNCCc3nccs3)ccc21. The van der Waals surface area contributed by atoms with Gasteiger partial charge in [-0.15, -0.1) is 11.3 Å². The summed E-state index contributed by atoms with van der Waals surface area (Å²) < 4.78 is 0. The highest BCUT2D eigenvalue weighted by molar-refractivity contribution is 7.09. The van der Waals surface area contributed by atoms with E-state index in [1.54, 1.807) is 11.3 Å². The minimum atomic E-state index is 0.947. The molecule has 1 aromatic carbocycles. The largest absolute Gasteiger partial charge is 0.374 e. The van der Waals surface area contributed by atoms with Crippen molar-refractivity contribution < 1.29 is 0 Å². The third-order valence-electron chi connectivity index (χ3n) is 3.82. The van der Waals surface area contributed by atoms with Gasteiger partial charge in [0.2, 0.25) is 0 Å². The monoisotopic (exact) mass is 287 g/mol. The summed E-state index contributed by atoms with van der Waals surface area (Å²) in [6, 6.07) is 6.88. The molecule has 106 valence electrons. The number of fused-ring (bicyclic) bond motifs is 1. The van der Waals surface area contributed by atoms with Crippen LogP contribution < -0.4 is 10.2 Å². The second-order valence-electron chi connectivity index (χ2n) is 5.34. The van der Waals surface area contributed by atoms with Crippen LogP contribution in [-0.4, -0.2) is 25.1 Å². The van der Waals surface area contributed by atoms with E-state index in [2.05, 4.69) is 40.4 Å². The van der Waals surface area contributed by atoms with Gasteiger partial charge in [0.1, 0.15) is 0 Å². The second-order valence-corrected chi connectivity index (χ2v) is 6.32. The normalized spacial score (nSPS) is 14.3. The van der Waals surface area contributed by atoms with Crippen LogP contribution in [0.1, 0.15) is 22.6 Å². The Morgan fingerprint density at radius 2 is 2.35 bits per heavy atom. The zero-order valence-corrected chi connectivity index (χ0v) is 12.7. The van der Waals surface area contributed by atoms with Crippen molar-refractivity contribution in [2.24, 2.45) is 0 Å². The predicted molar refractivity (Wildman–Crippen MR) is 85.6 cm³/mol. The maximum absolute atomic E-state index is 4.30. The molecule has 0 amide bonds. The van der Waals surface area contributed by atoms with Crippen LogP contribution in [0, 0.1) is 0 Å². The van der Waals surface area contributed by atoms with Crippen LogP contribution in [0.5, 0.6) is 0 Å². The number of aryl methyl sites for hydroxylation is 1.